The average Bonchev–Trinajstić information content (AvgIpc) is 2.55. The Balaban J connectivity index is 1.82. The molecule has 0 radical (unpaired) electrons. The minimum atomic E-state index is -0.0820. The predicted molar refractivity (Wildman–Crippen MR) is 96.4 cm³/mol. The van der Waals surface area contributed by atoms with E-state index in [-0.39, 0.29) is 6.10 Å². The molecule has 0 aliphatic heterocycles. The van der Waals surface area contributed by atoms with E-state index in [1.807, 2.05) is 0 Å². The average molecular weight is 308 g/mol. The molecule has 1 aliphatic carbocycles. The van der Waals surface area contributed by atoms with Gasteiger partial charge in [0.05, 0.1) is 6.10 Å². The zero-order valence-electron chi connectivity index (χ0n) is 14.0. The van der Waals surface area contributed by atoms with Crippen molar-refractivity contribution >= 4 is 0 Å². The summed E-state index contributed by atoms with van der Waals surface area (Å²) < 4.78 is 0. The zero-order chi connectivity index (χ0) is 16.0. The van der Waals surface area contributed by atoms with Crippen LogP contribution in [0.1, 0.15) is 49.7 Å². The Labute approximate surface area is 140 Å². The summed E-state index contributed by atoms with van der Waals surface area (Å²) in [7, 11) is 0. The molecule has 1 nitrogen and oxygen atoms in total. The normalized spacial score (nSPS) is 19.0. The third-order valence-electron chi connectivity index (χ3n) is 5.33. The molecule has 0 atom stereocenters. The summed E-state index contributed by atoms with van der Waals surface area (Å²) in [5.74, 6) is 0. The highest BCUT2D eigenvalue weighted by Crippen LogP contribution is 2.40. The van der Waals surface area contributed by atoms with Gasteiger partial charge in [0.2, 0.25) is 0 Å². The van der Waals surface area contributed by atoms with Crippen LogP contribution in [0.5, 0.6) is 0 Å². The number of hydrogen-bond acceptors (Lipinski definition) is 1. The fraction of sp³-hybridized carbons (Fsp3) is 0.455. The molecule has 2 aromatic carbocycles. The summed E-state index contributed by atoms with van der Waals surface area (Å²) in [6, 6.07) is 21.9. The lowest BCUT2D eigenvalue weighted by atomic mass is 9.68. The molecule has 0 saturated heterocycles. The van der Waals surface area contributed by atoms with E-state index >= 15 is 0 Å². The van der Waals surface area contributed by atoms with Crippen molar-refractivity contribution in [1.29, 1.82) is 0 Å². The number of aliphatic hydroxyl groups is 1. The van der Waals surface area contributed by atoms with Crippen LogP contribution in [-0.2, 0) is 12.8 Å². The lowest BCUT2D eigenvalue weighted by Gasteiger charge is -2.37. The van der Waals surface area contributed by atoms with Gasteiger partial charge in [-0.2, -0.15) is 0 Å². The van der Waals surface area contributed by atoms with E-state index in [1.165, 1.54) is 24.0 Å². The molecule has 0 aromatic heterocycles. The SMILES string of the molecule is OC1CCCC(Cc2ccccc2)(Cc2ccccc2)CCC1. The van der Waals surface area contributed by atoms with Gasteiger partial charge in [0.25, 0.3) is 0 Å². The molecule has 0 unspecified atom stereocenters. The van der Waals surface area contributed by atoms with Gasteiger partial charge in [0.1, 0.15) is 0 Å². The van der Waals surface area contributed by atoms with E-state index in [0.29, 0.717) is 5.41 Å². The number of aliphatic hydroxyl groups excluding tert-OH is 1. The minimum absolute atomic E-state index is 0.0820. The van der Waals surface area contributed by atoms with Gasteiger partial charge in [0.15, 0.2) is 0 Å². The Morgan fingerprint density at radius 3 is 1.61 bits per heavy atom. The number of benzene rings is 2. The molecule has 0 amide bonds. The van der Waals surface area contributed by atoms with Gasteiger partial charge in [-0.3, -0.25) is 0 Å². The van der Waals surface area contributed by atoms with Crippen molar-refractivity contribution in [2.75, 3.05) is 0 Å². The molecule has 1 aliphatic rings. The lowest BCUT2D eigenvalue weighted by Crippen LogP contribution is -2.29. The first-order chi connectivity index (χ1) is 11.3. The molecular formula is C22H28O. The van der Waals surface area contributed by atoms with E-state index in [0.717, 1.165) is 38.5 Å². The maximum Gasteiger partial charge on any atom is 0.0540 e. The second-order valence-corrected chi connectivity index (χ2v) is 7.26. The first-order valence-corrected chi connectivity index (χ1v) is 9.02. The van der Waals surface area contributed by atoms with Crippen LogP contribution < -0.4 is 0 Å². The smallest absolute Gasteiger partial charge is 0.0540 e. The van der Waals surface area contributed by atoms with Crippen LogP contribution in [-0.4, -0.2) is 11.2 Å². The maximum absolute atomic E-state index is 9.96. The van der Waals surface area contributed by atoms with E-state index in [9.17, 15) is 5.11 Å². The van der Waals surface area contributed by atoms with Crippen LogP contribution in [0.4, 0.5) is 0 Å². The van der Waals surface area contributed by atoms with Crippen molar-refractivity contribution < 1.29 is 5.11 Å². The van der Waals surface area contributed by atoms with Gasteiger partial charge in [-0.1, -0.05) is 73.5 Å². The van der Waals surface area contributed by atoms with Crippen molar-refractivity contribution in [3.05, 3.63) is 71.8 Å². The highest BCUT2D eigenvalue weighted by atomic mass is 16.3. The van der Waals surface area contributed by atoms with E-state index in [4.69, 9.17) is 0 Å². The molecule has 1 fully saturated rings. The second kappa shape index (κ2) is 7.79. The van der Waals surface area contributed by atoms with Gasteiger partial charge in [-0.25, -0.2) is 0 Å². The molecule has 122 valence electrons. The van der Waals surface area contributed by atoms with E-state index in [1.54, 1.807) is 0 Å². The molecule has 0 bridgehead atoms. The number of rotatable bonds is 4. The minimum Gasteiger partial charge on any atom is -0.393 e. The largest absolute Gasteiger partial charge is 0.393 e. The fourth-order valence-corrected chi connectivity index (χ4v) is 4.17. The predicted octanol–water partition coefficient (Wildman–Crippen LogP) is 5.17. The zero-order valence-corrected chi connectivity index (χ0v) is 14.0. The monoisotopic (exact) mass is 308 g/mol. The lowest BCUT2D eigenvalue weighted by molar-refractivity contribution is 0.108. The van der Waals surface area contributed by atoms with Crippen LogP contribution in [0.25, 0.3) is 0 Å². The Morgan fingerprint density at radius 1 is 0.739 bits per heavy atom. The van der Waals surface area contributed by atoms with Crippen LogP contribution in [0, 0.1) is 5.41 Å². The van der Waals surface area contributed by atoms with Crippen molar-refractivity contribution in [3.63, 3.8) is 0 Å². The summed E-state index contributed by atoms with van der Waals surface area (Å²) in [6.45, 7) is 0. The van der Waals surface area contributed by atoms with Gasteiger partial charge >= 0.3 is 0 Å². The molecule has 2 aromatic rings. The molecule has 0 spiro atoms. The van der Waals surface area contributed by atoms with Crippen LogP contribution >= 0.6 is 0 Å². The molecular weight excluding hydrogens is 280 g/mol. The second-order valence-electron chi connectivity index (χ2n) is 7.26. The number of hydrogen-bond donors (Lipinski definition) is 1. The molecule has 3 rings (SSSR count). The summed E-state index contributed by atoms with van der Waals surface area (Å²) in [5, 5.41) is 9.96. The first-order valence-electron chi connectivity index (χ1n) is 9.02. The first kappa shape index (κ1) is 16.3. The third-order valence-corrected chi connectivity index (χ3v) is 5.33. The summed E-state index contributed by atoms with van der Waals surface area (Å²) in [4.78, 5) is 0. The topological polar surface area (TPSA) is 20.2 Å². The molecule has 1 saturated carbocycles. The standard InChI is InChI=1S/C22H28O/c23-21-13-7-15-22(16-8-14-21,17-19-9-3-1-4-10-19)18-20-11-5-2-6-12-20/h1-6,9-12,21,23H,7-8,13-18H2. The van der Waals surface area contributed by atoms with Crippen LogP contribution in [0.15, 0.2) is 60.7 Å². The van der Waals surface area contributed by atoms with Gasteiger partial charge in [-0.05, 0) is 55.1 Å². The Kier molecular flexibility index (Phi) is 5.51. The Bertz CT molecular complexity index is 522. The van der Waals surface area contributed by atoms with Gasteiger partial charge < -0.3 is 5.11 Å². The molecule has 0 heterocycles. The summed E-state index contributed by atoms with van der Waals surface area (Å²) in [6.07, 6.45) is 8.86. The molecule has 23 heavy (non-hydrogen) atoms. The quantitative estimate of drug-likeness (QED) is 0.826. The Morgan fingerprint density at radius 2 is 1.17 bits per heavy atom. The fourth-order valence-electron chi connectivity index (χ4n) is 4.17. The third kappa shape index (κ3) is 4.68. The van der Waals surface area contributed by atoms with Gasteiger partial charge in [-0.15, -0.1) is 0 Å². The van der Waals surface area contributed by atoms with Crippen molar-refractivity contribution in [2.24, 2.45) is 5.41 Å². The Hall–Kier alpha value is -1.60. The van der Waals surface area contributed by atoms with E-state index in [2.05, 4.69) is 60.7 Å². The highest BCUT2D eigenvalue weighted by molar-refractivity contribution is 5.21. The maximum atomic E-state index is 9.96. The van der Waals surface area contributed by atoms with Crippen molar-refractivity contribution in [1.82, 2.24) is 0 Å². The van der Waals surface area contributed by atoms with Crippen LogP contribution in [0.3, 0.4) is 0 Å². The van der Waals surface area contributed by atoms with Crippen molar-refractivity contribution in [3.8, 4) is 0 Å². The van der Waals surface area contributed by atoms with Crippen LogP contribution in [0.2, 0.25) is 0 Å². The molecule has 1 heteroatoms. The van der Waals surface area contributed by atoms with Gasteiger partial charge in [0, 0.05) is 0 Å². The van der Waals surface area contributed by atoms with E-state index < -0.39 is 0 Å². The summed E-state index contributed by atoms with van der Waals surface area (Å²) >= 11 is 0. The summed E-state index contributed by atoms with van der Waals surface area (Å²) in [5.41, 5.74) is 3.23. The molecule has 1 N–H and O–H groups in total. The highest BCUT2D eigenvalue weighted by Gasteiger charge is 2.31. The van der Waals surface area contributed by atoms with Crippen molar-refractivity contribution in [2.45, 2.75) is 57.5 Å².